The number of anilines is 1. The minimum atomic E-state index is -4.62. The third kappa shape index (κ3) is 4.48. The zero-order chi connectivity index (χ0) is 15.3. The van der Waals surface area contributed by atoms with E-state index in [0.717, 1.165) is 0 Å². The Bertz CT molecular complexity index is 496. The van der Waals surface area contributed by atoms with E-state index in [4.69, 9.17) is 4.74 Å². The highest BCUT2D eigenvalue weighted by Gasteiger charge is 2.30. The second-order valence-corrected chi connectivity index (χ2v) is 3.74. The Morgan fingerprint density at radius 3 is 2.55 bits per heavy atom. The standard InChI is InChI=1S/C11H13F3N2O4/c1-3-19-9(17)8-6(2)15-4-7(8)16-10(18)20-5-11(12,13)14/h4,15H,3,5H2,1-2H3,(H,16,18). The van der Waals surface area contributed by atoms with Crippen LogP contribution in [0.25, 0.3) is 0 Å². The number of amides is 1. The van der Waals surface area contributed by atoms with E-state index in [1.165, 1.54) is 6.20 Å². The van der Waals surface area contributed by atoms with Crippen molar-refractivity contribution in [3.05, 3.63) is 17.5 Å². The summed E-state index contributed by atoms with van der Waals surface area (Å²) in [5.74, 6) is -0.697. The van der Waals surface area contributed by atoms with Gasteiger partial charge in [-0.3, -0.25) is 5.32 Å². The molecule has 0 aliphatic carbocycles. The lowest BCUT2D eigenvalue weighted by Gasteiger charge is -2.09. The number of rotatable bonds is 4. The number of aromatic nitrogens is 1. The maximum atomic E-state index is 11.9. The van der Waals surface area contributed by atoms with Gasteiger partial charge in [0.15, 0.2) is 6.61 Å². The van der Waals surface area contributed by atoms with Crippen LogP contribution >= 0.6 is 0 Å². The van der Waals surface area contributed by atoms with E-state index in [2.05, 4.69) is 15.0 Å². The van der Waals surface area contributed by atoms with Gasteiger partial charge in [-0.2, -0.15) is 13.2 Å². The Balaban J connectivity index is 2.73. The van der Waals surface area contributed by atoms with Gasteiger partial charge in [-0.25, -0.2) is 9.59 Å². The molecule has 0 spiro atoms. The number of hydrogen-bond donors (Lipinski definition) is 2. The molecule has 0 bridgehead atoms. The van der Waals surface area contributed by atoms with Crippen molar-refractivity contribution in [1.82, 2.24) is 4.98 Å². The van der Waals surface area contributed by atoms with Crippen LogP contribution in [0.15, 0.2) is 6.20 Å². The molecule has 2 N–H and O–H groups in total. The highest BCUT2D eigenvalue weighted by molar-refractivity contribution is 6.00. The lowest BCUT2D eigenvalue weighted by Crippen LogP contribution is -2.24. The summed E-state index contributed by atoms with van der Waals surface area (Å²) in [4.78, 5) is 25.5. The first-order chi connectivity index (χ1) is 9.24. The van der Waals surface area contributed by atoms with Gasteiger partial charge in [0.25, 0.3) is 0 Å². The minimum absolute atomic E-state index is 0.00637. The zero-order valence-electron chi connectivity index (χ0n) is 10.8. The normalized spacial score (nSPS) is 11.1. The van der Waals surface area contributed by atoms with Gasteiger partial charge in [0.1, 0.15) is 5.56 Å². The third-order valence-corrected chi connectivity index (χ3v) is 2.16. The summed E-state index contributed by atoms with van der Waals surface area (Å²) in [5, 5.41) is 2.05. The largest absolute Gasteiger partial charge is 0.462 e. The molecule has 0 saturated heterocycles. The van der Waals surface area contributed by atoms with Gasteiger partial charge in [0, 0.05) is 11.9 Å². The van der Waals surface area contributed by atoms with E-state index in [9.17, 15) is 22.8 Å². The van der Waals surface area contributed by atoms with Crippen molar-refractivity contribution in [2.45, 2.75) is 20.0 Å². The maximum Gasteiger partial charge on any atom is 0.422 e. The molecule has 1 amide bonds. The lowest BCUT2D eigenvalue weighted by molar-refractivity contribution is -0.159. The van der Waals surface area contributed by atoms with Crippen molar-refractivity contribution in [3.8, 4) is 0 Å². The SMILES string of the molecule is CCOC(=O)c1c(NC(=O)OCC(F)(F)F)c[nH]c1C. The molecule has 20 heavy (non-hydrogen) atoms. The van der Waals surface area contributed by atoms with Crippen LogP contribution in [0.5, 0.6) is 0 Å². The van der Waals surface area contributed by atoms with Crippen LogP contribution in [-0.2, 0) is 9.47 Å². The van der Waals surface area contributed by atoms with Crippen LogP contribution in [0.1, 0.15) is 23.0 Å². The number of carbonyl (C=O) groups excluding carboxylic acids is 2. The summed E-state index contributed by atoms with van der Waals surface area (Å²) < 4.78 is 44.4. The van der Waals surface area contributed by atoms with Crippen LogP contribution in [-0.4, -0.2) is 36.4 Å². The average molecular weight is 294 g/mol. The van der Waals surface area contributed by atoms with Crippen molar-refractivity contribution >= 4 is 17.7 Å². The smallest absolute Gasteiger partial charge is 0.422 e. The summed E-state index contributed by atoms with van der Waals surface area (Å²) in [6, 6.07) is 0. The molecule has 0 atom stereocenters. The number of halogens is 3. The van der Waals surface area contributed by atoms with Crippen LogP contribution in [0.3, 0.4) is 0 Å². The number of hydrogen-bond acceptors (Lipinski definition) is 4. The molecule has 0 fully saturated rings. The van der Waals surface area contributed by atoms with Gasteiger partial charge in [-0.15, -0.1) is 0 Å². The molecule has 9 heteroatoms. The molecule has 0 saturated carbocycles. The summed E-state index contributed by atoms with van der Waals surface area (Å²) in [6.07, 6.45) is -4.67. The van der Waals surface area contributed by atoms with Crippen LogP contribution in [0.2, 0.25) is 0 Å². The maximum absolute atomic E-state index is 11.9. The molecule has 1 aromatic heterocycles. The molecule has 0 aromatic carbocycles. The Labute approximate surface area is 112 Å². The van der Waals surface area contributed by atoms with E-state index in [-0.39, 0.29) is 17.9 Å². The van der Waals surface area contributed by atoms with E-state index in [1.807, 2.05) is 0 Å². The van der Waals surface area contributed by atoms with Gasteiger partial charge in [-0.05, 0) is 13.8 Å². The number of nitrogens with one attached hydrogen (secondary N) is 2. The van der Waals surface area contributed by atoms with E-state index in [0.29, 0.717) is 5.69 Å². The fraction of sp³-hybridized carbons (Fsp3) is 0.455. The summed E-state index contributed by atoms with van der Waals surface area (Å²) in [5.41, 5.74) is 0.443. The molecule has 112 valence electrons. The number of aromatic amines is 1. The predicted molar refractivity (Wildman–Crippen MR) is 62.5 cm³/mol. The lowest BCUT2D eigenvalue weighted by atomic mass is 10.2. The molecule has 6 nitrogen and oxygen atoms in total. The third-order valence-electron chi connectivity index (χ3n) is 2.16. The molecule has 1 rings (SSSR count). The Hall–Kier alpha value is -2.19. The number of carbonyl (C=O) groups is 2. The molecule has 0 aliphatic rings. The molecular weight excluding hydrogens is 281 g/mol. The Kier molecular flexibility index (Phi) is 5.00. The number of H-pyrrole nitrogens is 1. The number of esters is 1. The summed E-state index contributed by atoms with van der Waals surface area (Å²) >= 11 is 0. The zero-order valence-corrected chi connectivity index (χ0v) is 10.8. The van der Waals surface area contributed by atoms with Gasteiger partial charge in [0.05, 0.1) is 12.3 Å². The first-order valence-corrected chi connectivity index (χ1v) is 5.60. The highest BCUT2D eigenvalue weighted by atomic mass is 19.4. The summed E-state index contributed by atoms with van der Waals surface area (Å²) in [6.45, 7) is 1.57. The van der Waals surface area contributed by atoms with Gasteiger partial charge >= 0.3 is 18.2 Å². The fourth-order valence-corrected chi connectivity index (χ4v) is 1.39. The van der Waals surface area contributed by atoms with E-state index >= 15 is 0 Å². The number of alkyl halides is 3. The first-order valence-electron chi connectivity index (χ1n) is 5.60. The average Bonchev–Trinajstić information content (AvgIpc) is 2.67. The Morgan fingerprint density at radius 1 is 1.35 bits per heavy atom. The van der Waals surface area contributed by atoms with Gasteiger partial charge in [-0.1, -0.05) is 0 Å². The second kappa shape index (κ2) is 6.31. The van der Waals surface area contributed by atoms with Crippen molar-refractivity contribution in [2.75, 3.05) is 18.5 Å². The summed E-state index contributed by atoms with van der Waals surface area (Å²) in [7, 11) is 0. The van der Waals surface area contributed by atoms with E-state index < -0.39 is 24.8 Å². The molecule has 1 aromatic rings. The Morgan fingerprint density at radius 2 is 2.00 bits per heavy atom. The van der Waals surface area contributed by atoms with Crippen LogP contribution in [0.4, 0.5) is 23.7 Å². The van der Waals surface area contributed by atoms with Crippen molar-refractivity contribution in [3.63, 3.8) is 0 Å². The fourth-order valence-electron chi connectivity index (χ4n) is 1.39. The predicted octanol–water partition coefficient (Wildman–Crippen LogP) is 2.61. The number of ether oxygens (including phenoxy) is 2. The molecule has 0 unspecified atom stereocenters. The topological polar surface area (TPSA) is 80.4 Å². The molecule has 1 heterocycles. The van der Waals surface area contributed by atoms with Crippen LogP contribution < -0.4 is 5.32 Å². The van der Waals surface area contributed by atoms with Crippen molar-refractivity contribution in [2.24, 2.45) is 0 Å². The quantitative estimate of drug-likeness (QED) is 0.836. The van der Waals surface area contributed by atoms with Crippen LogP contribution in [0, 0.1) is 6.92 Å². The minimum Gasteiger partial charge on any atom is -0.462 e. The molecule has 0 radical (unpaired) electrons. The number of aryl methyl sites for hydroxylation is 1. The van der Waals surface area contributed by atoms with E-state index in [1.54, 1.807) is 13.8 Å². The van der Waals surface area contributed by atoms with Crippen molar-refractivity contribution in [1.29, 1.82) is 0 Å². The highest BCUT2D eigenvalue weighted by Crippen LogP contribution is 2.21. The van der Waals surface area contributed by atoms with Crippen molar-refractivity contribution < 1.29 is 32.2 Å². The molecule has 0 aliphatic heterocycles. The van der Waals surface area contributed by atoms with Gasteiger partial charge < -0.3 is 14.5 Å². The monoisotopic (exact) mass is 294 g/mol. The second-order valence-electron chi connectivity index (χ2n) is 3.74. The van der Waals surface area contributed by atoms with Gasteiger partial charge in [0.2, 0.25) is 0 Å². The first kappa shape index (κ1) is 15.9. The molecular formula is C11H13F3N2O4.